The number of aromatic nitrogens is 4. The summed E-state index contributed by atoms with van der Waals surface area (Å²) in [6.07, 6.45) is 3.95. The zero-order valence-corrected chi connectivity index (χ0v) is 27.2. The summed E-state index contributed by atoms with van der Waals surface area (Å²) in [4.78, 5) is 50.8. The van der Waals surface area contributed by atoms with Crippen molar-refractivity contribution in [2.24, 2.45) is 16.9 Å². The molecular formula is C28H42N10O8S. The van der Waals surface area contributed by atoms with E-state index in [1.807, 2.05) is 4.90 Å². The second-order valence-corrected chi connectivity index (χ2v) is 12.8. The van der Waals surface area contributed by atoms with Crippen LogP contribution in [0.2, 0.25) is 0 Å². The molecule has 1 aromatic carbocycles. The number of nitrogens with two attached hydrogens (primary N) is 1. The number of nitrogens with zero attached hydrogens (tertiary/aromatic N) is 6. The fourth-order valence-electron chi connectivity index (χ4n) is 4.96. The number of carbonyl (C=O) groups excluding carboxylic acids is 3. The number of carbonyl (C=O) groups is 4. The smallest absolute Gasteiger partial charge is 0.305 e. The maximum Gasteiger partial charge on any atom is 0.305 e. The number of sulfonamides is 1. The highest BCUT2D eigenvalue weighted by molar-refractivity contribution is 7.89. The number of hydrogen-bond donors (Lipinski definition) is 5. The average Bonchev–Trinajstić information content (AvgIpc) is 3.71. The molecule has 0 unspecified atom stereocenters. The van der Waals surface area contributed by atoms with E-state index in [1.165, 1.54) is 36.1 Å². The number of aromatic amines is 1. The van der Waals surface area contributed by atoms with Gasteiger partial charge in [0.25, 0.3) is 0 Å². The highest BCUT2D eigenvalue weighted by atomic mass is 32.2. The zero-order valence-electron chi connectivity index (χ0n) is 26.4. The van der Waals surface area contributed by atoms with Gasteiger partial charge in [0.1, 0.15) is 12.4 Å². The lowest BCUT2D eigenvalue weighted by Crippen LogP contribution is -2.52. The van der Waals surface area contributed by atoms with Gasteiger partial charge >= 0.3 is 11.9 Å². The third kappa shape index (κ3) is 12.2. The summed E-state index contributed by atoms with van der Waals surface area (Å²) in [5, 5.41) is 29.0. The van der Waals surface area contributed by atoms with Gasteiger partial charge in [-0.05, 0) is 68.0 Å². The minimum Gasteiger partial charge on any atom is -0.481 e. The minimum absolute atomic E-state index is 0.0846. The number of esters is 1. The molecule has 19 heteroatoms. The van der Waals surface area contributed by atoms with Crippen molar-refractivity contribution in [2.75, 3.05) is 32.8 Å². The fraction of sp³-hybridized carbons (Fsp3) is 0.571. The molecule has 2 atom stereocenters. The molecule has 47 heavy (non-hydrogen) atoms. The van der Waals surface area contributed by atoms with E-state index >= 15 is 0 Å². The SMILES string of the molecule is CCOC(C)=O.NN=CN1CCC[C@@H](CNC(=O)C[C@H](NS(=O)(=O)c2ccc(-c3nn[nH]n3)cc2)C(=O)N(CCC(=O)O)C2CC2)C1. The Morgan fingerprint density at radius 2 is 1.96 bits per heavy atom. The Morgan fingerprint density at radius 3 is 2.51 bits per heavy atom. The second kappa shape index (κ2) is 17.9. The molecule has 2 fully saturated rings. The number of carboxylic acid groups (broad SMARTS) is 1. The van der Waals surface area contributed by atoms with Gasteiger partial charge < -0.3 is 30.8 Å². The molecule has 1 aliphatic carbocycles. The number of amides is 2. The van der Waals surface area contributed by atoms with E-state index in [9.17, 15) is 27.6 Å². The number of piperidine rings is 1. The van der Waals surface area contributed by atoms with Crippen LogP contribution in [0.5, 0.6) is 0 Å². The van der Waals surface area contributed by atoms with Gasteiger partial charge in [0.15, 0.2) is 0 Å². The van der Waals surface area contributed by atoms with Crippen molar-refractivity contribution in [3.05, 3.63) is 24.3 Å². The number of nitrogens with one attached hydrogen (secondary N) is 3. The number of carboxylic acids is 1. The van der Waals surface area contributed by atoms with E-state index in [0.717, 1.165) is 19.4 Å². The van der Waals surface area contributed by atoms with Gasteiger partial charge in [-0.25, -0.2) is 8.42 Å². The number of rotatable bonds is 15. The summed E-state index contributed by atoms with van der Waals surface area (Å²) in [6, 6.07) is 4.03. The molecule has 1 aliphatic heterocycles. The van der Waals surface area contributed by atoms with Gasteiger partial charge in [-0.2, -0.15) is 15.0 Å². The summed E-state index contributed by atoms with van der Waals surface area (Å²) in [5.41, 5.74) is 0.525. The molecule has 2 aromatic rings. The van der Waals surface area contributed by atoms with Crippen molar-refractivity contribution in [2.45, 2.75) is 69.4 Å². The molecule has 1 aromatic heterocycles. The third-order valence-electron chi connectivity index (χ3n) is 7.31. The van der Waals surface area contributed by atoms with Crippen LogP contribution in [-0.2, 0) is 33.9 Å². The zero-order chi connectivity index (χ0) is 34.4. The maximum atomic E-state index is 13.6. The number of hydrogen-bond acceptors (Lipinski definition) is 12. The first kappa shape index (κ1) is 36.8. The van der Waals surface area contributed by atoms with Crippen LogP contribution in [0.25, 0.3) is 11.4 Å². The molecule has 18 nitrogen and oxygen atoms in total. The number of benzene rings is 1. The first-order valence-electron chi connectivity index (χ1n) is 15.2. The molecule has 2 heterocycles. The van der Waals surface area contributed by atoms with Crippen LogP contribution in [0.3, 0.4) is 0 Å². The van der Waals surface area contributed by atoms with Gasteiger partial charge in [0, 0.05) is 44.7 Å². The molecular weight excluding hydrogens is 636 g/mol. The topological polar surface area (TPSA) is 255 Å². The van der Waals surface area contributed by atoms with Crippen LogP contribution in [0.15, 0.2) is 34.3 Å². The average molecular weight is 679 g/mol. The number of tetrazole rings is 1. The normalized spacial score (nSPS) is 16.9. The largest absolute Gasteiger partial charge is 0.481 e. The van der Waals surface area contributed by atoms with Crippen LogP contribution in [0, 0.1) is 5.92 Å². The lowest BCUT2D eigenvalue weighted by Gasteiger charge is -2.31. The van der Waals surface area contributed by atoms with E-state index < -0.39 is 40.3 Å². The number of aliphatic carboxylic acids is 1. The van der Waals surface area contributed by atoms with Crippen LogP contribution >= 0.6 is 0 Å². The Labute approximate surface area is 272 Å². The number of ether oxygens (including phenoxy) is 1. The number of hydrazone groups is 1. The number of likely N-dealkylation sites (tertiary alicyclic amines) is 1. The van der Waals surface area contributed by atoms with Gasteiger partial charge in [-0.15, -0.1) is 10.2 Å². The number of H-pyrrole nitrogens is 1. The fourth-order valence-corrected chi connectivity index (χ4v) is 6.15. The quantitative estimate of drug-likeness (QED) is 0.0532. The summed E-state index contributed by atoms with van der Waals surface area (Å²) in [6.45, 7) is 5.37. The van der Waals surface area contributed by atoms with Crippen molar-refractivity contribution in [3.8, 4) is 11.4 Å². The maximum absolute atomic E-state index is 13.6. The molecule has 1 saturated carbocycles. The highest BCUT2D eigenvalue weighted by Gasteiger charge is 2.38. The van der Waals surface area contributed by atoms with Crippen LogP contribution in [0.4, 0.5) is 0 Å². The Balaban J connectivity index is 0.000000913. The van der Waals surface area contributed by atoms with E-state index in [0.29, 0.717) is 38.1 Å². The van der Waals surface area contributed by atoms with E-state index in [-0.39, 0.29) is 41.6 Å². The molecule has 258 valence electrons. The molecule has 0 spiro atoms. The lowest BCUT2D eigenvalue weighted by atomic mass is 9.98. The van der Waals surface area contributed by atoms with Gasteiger partial charge in [-0.3, -0.25) is 19.2 Å². The third-order valence-corrected chi connectivity index (χ3v) is 8.79. The monoisotopic (exact) mass is 678 g/mol. The minimum atomic E-state index is -4.25. The van der Waals surface area contributed by atoms with Crippen LogP contribution in [-0.4, -0.2) is 119 Å². The Morgan fingerprint density at radius 1 is 1.23 bits per heavy atom. The lowest BCUT2D eigenvalue weighted by molar-refractivity contribution is -0.141. The predicted octanol–water partition coefficient (Wildman–Crippen LogP) is -0.331. The molecule has 6 N–H and O–H groups in total. The molecule has 2 amide bonds. The van der Waals surface area contributed by atoms with Crippen LogP contribution in [0.1, 0.15) is 52.4 Å². The second-order valence-electron chi connectivity index (χ2n) is 11.0. The standard InChI is InChI=1S/C24H34N10O6S.C4H8O2/c25-27-15-33-10-1-2-16(14-33)13-26-21(35)12-20(24(38)34(18-5-6-18)11-9-22(36)37)30-41(39,40)19-7-3-17(4-8-19)23-28-31-32-29-23;1-3-6-4(2)5/h3-4,7-8,15-16,18,20,30H,1-2,5-6,9-14,25H2,(H,26,35)(H,36,37)(H,28,29,31,32);3H2,1-2H3/t16-,20-;/m0./s1. The van der Waals surface area contributed by atoms with Gasteiger partial charge in [0.05, 0.1) is 24.3 Å². The van der Waals surface area contributed by atoms with Gasteiger partial charge in [-0.1, -0.05) is 0 Å². The molecule has 2 aliphatic rings. The molecule has 0 radical (unpaired) electrons. The Bertz CT molecular complexity index is 1470. The Hall–Kier alpha value is -4.65. The van der Waals surface area contributed by atoms with Crippen molar-refractivity contribution in [1.82, 2.24) is 40.5 Å². The van der Waals surface area contributed by atoms with Crippen molar-refractivity contribution < 1.29 is 37.4 Å². The van der Waals surface area contributed by atoms with Crippen LogP contribution < -0.4 is 15.9 Å². The molecule has 4 rings (SSSR count). The summed E-state index contributed by atoms with van der Waals surface area (Å²) in [5.74, 6) is 3.22. The molecule has 0 bridgehead atoms. The first-order valence-corrected chi connectivity index (χ1v) is 16.7. The van der Waals surface area contributed by atoms with Crippen molar-refractivity contribution in [1.29, 1.82) is 0 Å². The summed E-state index contributed by atoms with van der Waals surface area (Å²) >= 11 is 0. The summed E-state index contributed by atoms with van der Waals surface area (Å²) in [7, 11) is -4.25. The van der Waals surface area contributed by atoms with E-state index in [2.05, 4.69) is 40.5 Å². The summed E-state index contributed by atoms with van der Waals surface area (Å²) < 4.78 is 33.4. The highest BCUT2D eigenvalue weighted by Crippen LogP contribution is 2.28. The van der Waals surface area contributed by atoms with Gasteiger partial charge in [0.2, 0.25) is 27.7 Å². The van der Waals surface area contributed by atoms with E-state index in [4.69, 9.17) is 10.9 Å². The van der Waals surface area contributed by atoms with Crippen molar-refractivity contribution in [3.63, 3.8) is 0 Å². The molecule has 1 saturated heterocycles. The predicted molar refractivity (Wildman–Crippen MR) is 168 cm³/mol. The van der Waals surface area contributed by atoms with E-state index in [1.54, 1.807) is 13.3 Å². The Kier molecular flexibility index (Phi) is 14.0. The first-order chi connectivity index (χ1) is 22.4. The van der Waals surface area contributed by atoms with Crippen molar-refractivity contribution >= 4 is 40.1 Å².